The smallest absolute Gasteiger partial charge is 0.205 e. The average Bonchev–Trinajstić information content (AvgIpc) is 3.03. The molecule has 1 atom stereocenters. The summed E-state index contributed by atoms with van der Waals surface area (Å²) in [4.78, 5) is 4.54. The third-order valence-electron chi connectivity index (χ3n) is 3.80. The first kappa shape index (κ1) is 11.7. The molecule has 4 heteroatoms. The molecular formula is C12H24N4. The standard InChI is InChI=1S/C12H24N4/c1-9(10-6-7-10)8-14-12(16-13)15-11-4-2-3-5-11/h9-11H,2-8,13H2,1H3,(H2,14,15,16). The van der Waals surface area contributed by atoms with Crippen LogP contribution >= 0.6 is 0 Å². The Balaban J connectivity index is 1.75. The lowest BCUT2D eigenvalue weighted by molar-refractivity contribution is 0.518. The normalized spacial score (nSPS) is 24.5. The van der Waals surface area contributed by atoms with Crippen LogP contribution in [-0.2, 0) is 0 Å². The minimum absolute atomic E-state index is 0.575. The van der Waals surface area contributed by atoms with Gasteiger partial charge >= 0.3 is 0 Å². The molecule has 0 bridgehead atoms. The summed E-state index contributed by atoms with van der Waals surface area (Å²) < 4.78 is 0. The monoisotopic (exact) mass is 224 g/mol. The van der Waals surface area contributed by atoms with Crippen molar-refractivity contribution in [2.24, 2.45) is 22.7 Å². The molecule has 0 aromatic heterocycles. The fraction of sp³-hybridized carbons (Fsp3) is 0.917. The van der Waals surface area contributed by atoms with E-state index in [4.69, 9.17) is 5.84 Å². The second kappa shape index (κ2) is 5.53. The number of guanidine groups is 1. The van der Waals surface area contributed by atoms with Gasteiger partial charge in [0.05, 0.1) is 0 Å². The van der Waals surface area contributed by atoms with Crippen LogP contribution in [0.1, 0.15) is 45.4 Å². The van der Waals surface area contributed by atoms with Gasteiger partial charge in [0.2, 0.25) is 5.96 Å². The van der Waals surface area contributed by atoms with E-state index in [9.17, 15) is 0 Å². The Bertz CT molecular complexity index is 241. The van der Waals surface area contributed by atoms with E-state index in [2.05, 4.69) is 22.7 Å². The van der Waals surface area contributed by atoms with Gasteiger partial charge < -0.3 is 5.32 Å². The number of hydrogen-bond acceptors (Lipinski definition) is 2. The lowest BCUT2D eigenvalue weighted by atomic mass is 10.1. The highest BCUT2D eigenvalue weighted by molar-refractivity contribution is 5.79. The maximum atomic E-state index is 5.49. The SMILES string of the molecule is CC(CN=C(NN)NC1CCCC1)C1CC1. The van der Waals surface area contributed by atoms with Crippen molar-refractivity contribution >= 4 is 5.96 Å². The van der Waals surface area contributed by atoms with E-state index in [1.807, 2.05) is 0 Å². The zero-order chi connectivity index (χ0) is 11.4. The van der Waals surface area contributed by atoms with Gasteiger partial charge in [0.1, 0.15) is 0 Å². The van der Waals surface area contributed by atoms with Crippen molar-refractivity contribution in [2.75, 3.05) is 6.54 Å². The Labute approximate surface area is 98.0 Å². The van der Waals surface area contributed by atoms with Gasteiger partial charge in [-0.25, -0.2) is 5.84 Å². The minimum atomic E-state index is 0.575. The van der Waals surface area contributed by atoms with E-state index < -0.39 is 0 Å². The number of nitrogens with one attached hydrogen (secondary N) is 2. The Morgan fingerprint density at radius 2 is 2.00 bits per heavy atom. The van der Waals surface area contributed by atoms with Gasteiger partial charge in [0.25, 0.3) is 0 Å². The van der Waals surface area contributed by atoms with Crippen molar-refractivity contribution in [3.05, 3.63) is 0 Å². The Hall–Kier alpha value is -0.770. The fourth-order valence-electron chi connectivity index (χ4n) is 2.45. The minimum Gasteiger partial charge on any atom is -0.353 e. The molecule has 0 spiro atoms. The highest BCUT2D eigenvalue weighted by Gasteiger charge is 2.27. The van der Waals surface area contributed by atoms with Crippen molar-refractivity contribution in [3.8, 4) is 0 Å². The number of nitrogens with two attached hydrogens (primary N) is 1. The van der Waals surface area contributed by atoms with E-state index in [-0.39, 0.29) is 0 Å². The summed E-state index contributed by atoms with van der Waals surface area (Å²) >= 11 is 0. The van der Waals surface area contributed by atoms with Crippen LogP contribution in [-0.4, -0.2) is 18.5 Å². The van der Waals surface area contributed by atoms with E-state index in [1.165, 1.54) is 38.5 Å². The number of nitrogens with zero attached hydrogens (tertiary/aromatic N) is 1. The van der Waals surface area contributed by atoms with Crippen LogP contribution in [0.25, 0.3) is 0 Å². The maximum absolute atomic E-state index is 5.49. The van der Waals surface area contributed by atoms with Gasteiger partial charge in [-0.1, -0.05) is 19.8 Å². The topological polar surface area (TPSA) is 62.4 Å². The highest BCUT2D eigenvalue weighted by atomic mass is 15.3. The van der Waals surface area contributed by atoms with Gasteiger partial charge in [-0.3, -0.25) is 10.4 Å². The molecule has 0 radical (unpaired) electrons. The van der Waals surface area contributed by atoms with Crippen molar-refractivity contribution in [1.29, 1.82) is 0 Å². The van der Waals surface area contributed by atoms with E-state index in [1.54, 1.807) is 0 Å². The molecule has 4 N–H and O–H groups in total. The van der Waals surface area contributed by atoms with E-state index >= 15 is 0 Å². The molecule has 92 valence electrons. The van der Waals surface area contributed by atoms with Crippen molar-refractivity contribution < 1.29 is 0 Å². The summed E-state index contributed by atoms with van der Waals surface area (Å²) in [6, 6.07) is 0.575. The average molecular weight is 224 g/mol. The summed E-state index contributed by atoms with van der Waals surface area (Å²) in [6.45, 7) is 3.18. The van der Waals surface area contributed by atoms with Crippen LogP contribution in [0.5, 0.6) is 0 Å². The van der Waals surface area contributed by atoms with Crippen molar-refractivity contribution in [2.45, 2.75) is 51.5 Å². The Morgan fingerprint density at radius 3 is 2.56 bits per heavy atom. The molecule has 2 aliphatic carbocycles. The molecule has 2 rings (SSSR count). The second-order valence-corrected chi connectivity index (χ2v) is 5.27. The Kier molecular flexibility index (Phi) is 4.04. The fourth-order valence-corrected chi connectivity index (χ4v) is 2.45. The molecule has 1 unspecified atom stereocenters. The van der Waals surface area contributed by atoms with Gasteiger partial charge in [-0.05, 0) is 37.5 Å². The first-order valence-electron chi connectivity index (χ1n) is 6.57. The van der Waals surface area contributed by atoms with Crippen molar-refractivity contribution in [1.82, 2.24) is 10.7 Å². The summed E-state index contributed by atoms with van der Waals surface area (Å²) in [5.74, 6) is 7.88. The molecule has 16 heavy (non-hydrogen) atoms. The first-order valence-corrected chi connectivity index (χ1v) is 6.57. The quantitative estimate of drug-likeness (QED) is 0.293. The third-order valence-corrected chi connectivity index (χ3v) is 3.80. The zero-order valence-electron chi connectivity index (χ0n) is 10.2. The van der Waals surface area contributed by atoms with Crippen LogP contribution in [0.15, 0.2) is 4.99 Å². The lowest BCUT2D eigenvalue weighted by Gasteiger charge is -2.16. The molecule has 0 aliphatic heterocycles. The van der Waals surface area contributed by atoms with Gasteiger partial charge in [0.15, 0.2) is 0 Å². The summed E-state index contributed by atoms with van der Waals surface area (Å²) in [5.41, 5.74) is 2.68. The summed E-state index contributed by atoms with van der Waals surface area (Å²) in [7, 11) is 0. The predicted molar refractivity (Wildman–Crippen MR) is 66.9 cm³/mol. The number of aliphatic imine (C=N–C) groups is 1. The first-order chi connectivity index (χ1) is 7.79. The molecule has 0 aromatic rings. The maximum Gasteiger partial charge on any atom is 0.205 e. The highest BCUT2D eigenvalue weighted by Crippen LogP contribution is 2.36. The van der Waals surface area contributed by atoms with Crippen molar-refractivity contribution in [3.63, 3.8) is 0 Å². The number of hydrazine groups is 1. The molecule has 2 aliphatic rings. The van der Waals surface area contributed by atoms with Crippen LogP contribution in [0.2, 0.25) is 0 Å². The zero-order valence-corrected chi connectivity index (χ0v) is 10.2. The van der Waals surface area contributed by atoms with Gasteiger partial charge in [-0.2, -0.15) is 0 Å². The van der Waals surface area contributed by atoms with Crippen LogP contribution in [0.3, 0.4) is 0 Å². The van der Waals surface area contributed by atoms with E-state index in [0.717, 1.165) is 18.4 Å². The Morgan fingerprint density at radius 1 is 1.31 bits per heavy atom. The van der Waals surface area contributed by atoms with Gasteiger partial charge in [-0.15, -0.1) is 0 Å². The largest absolute Gasteiger partial charge is 0.353 e. The van der Waals surface area contributed by atoms with Crippen LogP contribution < -0.4 is 16.6 Å². The third kappa shape index (κ3) is 3.37. The summed E-state index contributed by atoms with van der Waals surface area (Å²) in [6.07, 6.45) is 7.93. The molecule has 2 fully saturated rings. The molecule has 0 aromatic carbocycles. The molecule has 0 heterocycles. The number of hydrogen-bond donors (Lipinski definition) is 3. The van der Waals surface area contributed by atoms with E-state index in [0.29, 0.717) is 12.0 Å². The second-order valence-electron chi connectivity index (χ2n) is 5.27. The molecule has 0 saturated heterocycles. The predicted octanol–water partition coefficient (Wildman–Crippen LogP) is 1.38. The van der Waals surface area contributed by atoms with Gasteiger partial charge in [0, 0.05) is 12.6 Å². The van der Waals surface area contributed by atoms with Crippen LogP contribution in [0.4, 0.5) is 0 Å². The molecule has 0 amide bonds. The summed E-state index contributed by atoms with van der Waals surface area (Å²) in [5, 5.41) is 3.39. The molecule has 2 saturated carbocycles. The molecular weight excluding hydrogens is 200 g/mol. The van der Waals surface area contributed by atoms with Crippen LogP contribution in [0, 0.1) is 11.8 Å². The number of rotatable bonds is 4. The lowest BCUT2D eigenvalue weighted by Crippen LogP contribution is -2.45. The molecule has 4 nitrogen and oxygen atoms in total.